The third kappa shape index (κ3) is 8.89. The highest BCUT2D eigenvalue weighted by molar-refractivity contribution is 7.00. The van der Waals surface area contributed by atoms with E-state index in [4.69, 9.17) is 24.9 Å². The zero-order chi connectivity index (χ0) is 58.9. The Morgan fingerprint density at radius 2 is 0.764 bits per heavy atom. The van der Waals surface area contributed by atoms with E-state index in [-0.39, 0.29) is 6.71 Å². The normalized spacial score (nSPS) is 12.3. The smallest absolute Gasteiger partial charge is 0.252 e. The van der Waals surface area contributed by atoms with E-state index in [1.54, 1.807) is 0 Å². The van der Waals surface area contributed by atoms with Crippen LogP contribution in [0.5, 0.6) is 0 Å². The van der Waals surface area contributed by atoms with Gasteiger partial charge in [-0.05, 0) is 125 Å². The van der Waals surface area contributed by atoms with Crippen LogP contribution >= 0.6 is 0 Å². The molecule has 0 atom stereocenters. The zero-order valence-corrected chi connectivity index (χ0v) is 48.5. The predicted molar refractivity (Wildman–Crippen MR) is 367 cm³/mol. The molecule has 2 aliphatic heterocycles. The molecule has 5 heterocycles. The van der Waals surface area contributed by atoms with Crippen molar-refractivity contribution in [3.8, 4) is 84.9 Å². The highest BCUT2D eigenvalue weighted by Crippen LogP contribution is 2.45. The van der Waals surface area contributed by atoms with Crippen molar-refractivity contribution >= 4 is 79.0 Å². The number of para-hydroxylation sites is 4. The molecular weight excluding hydrogens is 1080 g/mol. The number of nitrogens with zero attached hydrogens (tertiary/aromatic N) is 8. The van der Waals surface area contributed by atoms with Crippen LogP contribution in [-0.2, 0) is 0 Å². The topological polar surface area (TPSA) is 75.9 Å². The summed E-state index contributed by atoms with van der Waals surface area (Å²) < 4.78 is 2.36. The van der Waals surface area contributed by atoms with Gasteiger partial charge in [-0.1, -0.05) is 218 Å². The number of aromatic nitrogens is 6. The minimum absolute atomic E-state index is 0.0489. The number of anilines is 6. The van der Waals surface area contributed by atoms with Gasteiger partial charge in [0.2, 0.25) is 0 Å². The number of hydrogen-bond acceptors (Lipinski definition) is 7. The Kier molecular flexibility index (Phi) is 12.4. The molecule has 0 bridgehead atoms. The average Bonchev–Trinajstić information content (AvgIpc) is 1.22. The summed E-state index contributed by atoms with van der Waals surface area (Å²) in [5.41, 5.74) is 24.1. The van der Waals surface area contributed by atoms with Crippen molar-refractivity contribution in [3.05, 3.63) is 309 Å². The summed E-state index contributed by atoms with van der Waals surface area (Å²) in [7, 11) is 0. The zero-order valence-electron chi connectivity index (χ0n) is 48.5. The molecule has 0 N–H and O–H groups in total. The Balaban J connectivity index is 0.832. The van der Waals surface area contributed by atoms with Crippen LogP contribution in [0, 0.1) is 6.92 Å². The van der Waals surface area contributed by atoms with Crippen molar-refractivity contribution in [1.82, 2.24) is 29.5 Å². The van der Waals surface area contributed by atoms with Gasteiger partial charge in [-0.15, -0.1) is 0 Å². The van der Waals surface area contributed by atoms with E-state index in [0.29, 0.717) is 23.3 Å². The molecule has 0 fully saturated rings. The first kappa shape index (κ1) is 51.6. The summed E-state index contributed by atoms with van der Waals surface area (Å²) in [6.45, 7) is 2.20. The van der Waals surface area contributed by atoms with Crippen molar-refractivity contribution in [2.45, 2.75) is 6.92 Å². The molecule has 89 heavy (non-hydrogen) atoms. The van der Waals surface area contributed by atoms with Crippen molar-refractivity contribution in [3.63, 3.8) is 0 Å². The number of fused-ring (bicyclic) bond motifs is 7. The first-order valence-corrected chi connectivity index (χ1v) is 30.2. The molecule has 0 amide bonds. The van der Waals surface area contributed by atoms with E-state index >= 15 is 0 Å². The summed E-state index contributed by atoms with van der Waals surface area (Å²) in [6.07, 6.45) is 0. The number of rotatable bonds is 10. The van der Waals surface area contributed by atoms with Gasteiger partial charge in [0, 0.05) is 78.3 Å². The van der Waals surface area contributed by atoms with Gasteiger partial charge in [0.05, 0.1) is 28.1 Å². The molecule has 0 saturated carbocycles. The van der Waals surface area contributed by atoms with Crippen LogP contribution in [0.2, 0.25) is 0 Å². The van der Waals surface area contributed by atoms with E-state index in [0.717, 1.165) is 101 Å². The molecule has 2 aliphatic rings. The lowest BCUT2D eigenvalue weighted by Crippen LogP contribution is -2.61. The van der Waals surface area contributed by atoms with Gasteiger partial charge >= 0.3 is 0 Å². The molecule has 8 nitrogen and oxygen atoms in total. The Bertz CT molecular complexity index is 5190. The molecule has 3 aromatic heterocycles. The fourth-order valence-corrected chi connectivity index (χ4v) is 13.5. The molecule has 0 unspecified atom stereocenters. The predicted octanol–water partition coefficient (Wildman–Crippen LogP) is 17.8. The lowest BCUT2D eigenvalue weighted by atomic mass is 9.33. The summed E-state index contributed by atoms with van der Waals surface area (Å²) in [5, 5.41) is 2.34. The second kappa shape index (κ2) is 21.3. The molecule has 0 saturated heterocycles. The largest absolute Gasteiger partial charge is 0.311 e. The first-order valence-electron chi connectivity index (χ1n) is 30.2. The van der Waals surface area contributed by atoms with Crippen molar-refractivity contribution in [1.29, 1.82) is 0 Å². The maximum absolute atomic E-state index is 5.58. The summed E-state index contributed by atoms with van der Waals surface area (Å²) in [5.74, 6) is 2.28. The second-order valence-corrected chi connectivity index (χ2v) is 22.9. The highest BCUT2D eigenvalue weighted by Gasteiger charge is 2.43. The molecule has 9 heteroatoms. The lowest BCUT2D eigenvalue weighted by molar-refractivity contribution is 1.06. The van der Waals surface area contributed by atoms with Gasteiger partial charge < -0.3 is 14.4 Å². The first-order chi connectivity index (χ1) is 44.0. The highest BCUT2D eigenvalue weighted by atomic mass is 15.2. The molecule has 416 valence electrons. The number of benzene rings is 12. The standard InChI is InChI=1S/C80H53BN8/c1-52-43-45-70-63(47-52)62-35-14-17-38-69(62)89(70)71-46-44-58(68-51-67(53-23-6-2-7-24-53)82-77(83-68)54-25-8-3-9-26-54)50-64(71)80-85-78(55-27-10-4-11-28-55)84-79(86-80)59-31-20-29-56(48-59)57-30-21-34-61(49-57)88-73-40-19-16-37-66(73)81-65-36-15-18-39-72(65)87(60-32-12-5-13-33-60)74-41-22-42-75(88)76(74)81/h2-51H,1H3. The summed E-state index contributed by atoms with van der Waals surface area (Å²) in [4.78, 5) is 31.8. The van der Waals surface area contributed by atoms with Crippen LogP contribution in [0.15, 0.2) is 303 Å². The van der Waals surface area contributed by atoms with E-state index in [1.165, 1.54) is 38.7 Å². The van der Waals surface area contributed by atoms with Gasteiger partial charge in [-0.2, -0.15) is 0 Å². The van der Waals surface area contributed by atoms with E-state index < -0.39 is 0 Å². The summed E-state index contributed by atoms with van der Waals surface area (Å²) in [6, 6.07) is 108. The van der Waals surface area contributed by atoms with Gasteiger partial charge in [0.1, 0.15) is 0 Å². The molecule has 0 aliphatic carbocycles. The fraction of sp³-hybridized carbons (Fsp3) is 0.0125. The average molecular weight is 1140 g/mol. The lowest BCUT2D eigenvalue weighted by Gasteiger charge is -2.44. The Morgan fingerprint density at radius 3 is 1.46 bits per heavy atom. The van der Waals surface area contributed by atoms with Crippen molar-refractivity contribution < 1.29 is 0 Å². The molecule has 0 radical (unpaired) electrons. The SMILES string of the molecule is Cc1ccc2c(c1)c1ccccc1n2-c1ccc(-c2cc(-c3ccccc3)nc(-c3ccccc3)n2)cc1-c1nc(-c2ccccc2)nc(-c2cccc(-c3cccc(N4c5ccccc5B5c6ccccc6N(c6ccccc6)c6cccc4c65)c3)c2)n1. The molecule has 12 aromatic carbocycles. The third-order valence-electron chi connectivity index (χ3n) is 17.5. The molecule has 17 rings (SSSR count). The van der Waals surface area contributed by atoms with Gasteiger partial charge in [0.25, 0.3) is 6.71 Å². The van der Waals surface area contributed by atoms with Crippen LogP contribution in [0.25, 0.3) is 107 Å². The van der Waals surface area contributed by atoms with Gasteiger partial charge in [-0.3, -0.25) is 0 Å². The van der Waals surface area contributed by atoms with Gasteiger partial charge in [0.15, 0.2) is 23.3 Å². The molecular formula is C80H53BN8. The maximum atomic E-state index is 5.58. The molecule has 15 aromatic rings. The van der Waals surface area contributed by atoms with E-state index in [1.807, 2.05) is 54.6 Å². The number of aryl methyl sites for hydroxylation is 1. The summed E-state index contributed by atoms with van der Waals surface area (Å²) >= 11 is 0. The van der Waals surface area contributed by atoms with Crippen LogP contribution in [0.4, 0.5) is 34.1 Å². The monoisotopic (exact) mass is 1140 g/mol. The third-order valence-corrected chi connectivity index (χ3v) is 17.5. The number of hydrogen-bond donors (Lipinski definition) is 0. The quantitative estimate of drug-likeness (QED) is 0.126. The molecule has 0 spiro atoms. The Morgan fingerprint density at radius 1 is 0.281 bits per heavy atom. The Hall–Kier alpha value is -11.8. The van der Waals surface area contributed by atoms with Gasteiger partial charge in [-0.25, -0.2) is 24.9 Å². The second-order valence-electron chi connectivity index (χ2n) is 22.9. The van der Waals surface area contributed by atoms with Crippen molar-refractivity contribution in [2.75, 3.05) is 9.80 Å². The van der Waals surface area contributed by atoms with E-state index in [2.05, 4.69) is 270 Å². The van der Waals surface area contributed by atoms with Crippen LogP contribution in [0.1, 0.15) is 5.56 Å². The van der Waals surface area contributed by atoms with Crippen LogP contribution < -0.4 is 26.2 Å². The van der Waals surface area contributed by atoms with Crippen molar-refractivity contribution in [2.24, 2.45) is 0 Å². The Labute approximate surface area is 516 Å². The fourth-order valence-electron chi connectivity index (χ4n) is 13.5. The minimum atomic E-state index is 0.0489. The van der Waals surface area contributed by atoms with Crippen LogP contribution in [0.3, 0.4) is 0 Å². The van der Waals surface area contributed by atoms with Crippen LogP contribution in [-0.4, -0.2) is 36.2 Å². The maximum Gasteiger partial charge on any atom is 0.252 e. The van der Waals surface area contributed by atoms with E-state index in [9.17, 15) is 0 Å². The minimum Gasteiger partial charge on any atom is -0.311 e.